The average Bonchev–Trinajstić information content (AvgIpc) is 3.33. The van der Waals surface area contributed by atoms with Gasteiger partial charge in [0.1, 0.15) is 0 Å². The van der Waals surface area contributed by atoms with Crippen molar-refractivity contribution < 1.29 is 9.59 Å². The SMILES string of the molecule is O=C1NN(c2ccccc2)C(=O)[C@@H]2[C@@H]3C=C[C@@H]([C@H]4C[C@@H]34)[C@H]12. The van der Waals surface area contributed by atoms with Crippen molar-refractivity contribution in [1.82, 2.24) is 5.43 Å². The first-order chi connectivity index (χ1) is 10.3. The number of nitrogens with one attached hydrogen (secondary N) is 1. The van der Waals surface area contributed by atoms with Crippen LogP contribution in [0.3, 0.4) is 0 Å². The molecule has 1 aliphatic heterocycles. The minimum Gasteiger partial charge on any atom is -0.273 e. The summed E-state index contributed by atoms with van der Waals surface area (Å²) >= 11 is 0. The van der Waals surface area contributed by atoms with E-state index in [9.17, 15) is 9.59 Å². The van der Waals surface area contributed by atoms with Gasteiger partial charge in [-0.25, -0.2) is 5.01 Å². The Morgan fingerprint density at radius 2 is 1.62 bits per heavy atom. The number of amides is 2. The molecule has 4 heteroatoms. The Bertz CT molecular complexity index is 669. The van der Waals surface area contributed by atoms with Gasteiger partial charge in [0.15, 0.2) is 0 Å². The smallest absolute Gasteiger partial charge is 0.250 e. The van der Waals surface area contributed by atoms with Crippen LogP contribution in [0.25, 0.3) is 0 Å². The third-order valence-electron chi connectivity index (χ3n) is 5.70. The number of hydrogen-bond acceptors (Lipinski definition) is 2. The molecule has 3 fully saturated rings. The summed E-state index contributed by atoms with van der Waals surface area (Å²) in [5.74, 6) is 1.54. The molecule has 1 heterocycles. The van der Waals surface area contributed by atoms with Crippen LogP contribution in [0.2, 0.25) is 0 Å². The molecule has 0 spiro atoms. The van der Waals surface area contributed by atoms with E-state index in [1.54, 1.807) is 0 Å². The summed E-state index contributed by atoms with van der Waals surface area (Å²) in [6.45, 7) is 0. The Kier molecular flexibility index (Phi) is 2.06. The third-order valence-corrected chi connectivity index (χ3v) is 5.70. The number of anilines is 1. The molecule has 1 N–H and O–H groups in total. The molecule has 0 radical (unpaired) electrons. The Hall–Kier alpha value is -2.10. The number of para-hydroxylation sites is 1. The van der Waals surface area contributed by atoms with Gasteiger partial charge in [-0.05, 0) is 42.2 Å². The molecule has 2 bridgehead atoms. The molecule has 1 aromatic carbocycles. The highest BCUT2D eigenvalue weighted by atomic mass is 16.2. The van der Waals surface area contributed by atoms with Crippen LogP contribution in [0.1, 0.15) is 6.42 Å². The number of rotatable bonds is 1. The molecule has 5 aliphatic rings. The monoisotopic (exact) mass is 280 g/mol. The second-order valence-corrected chi connectivity index (χ2v) is 6.64. The van der Waals surface area contributed by atoms with Crippen LogP contribution >= 0.6 is 0 Å². The molecule has 4 nitrogen and oxygen atoms in total. The lowest BCUT2D eigenvalue weighted by molar-refractivity contribution is -0.146. The summed E-state index contributed by atoms with van der Waals surface area (Å²) in [6.07, 6.45) is 5.56. The molecule has 106 valence electrons. The fraction of sp³-hybridized carbons (Fsp3) is 0.412. The minimum absolute atomic E-state index is 0.00755. The van der Waals surface area contributed by atoms with E-state index in [1.165, 1.54) is 11.4 Å². The van der Waals surface area contributed by atoms with E-state index < -0.39 is 0 Å². The van der Waals surface area contributed by atoms with Gasteiger partial charge in [-0.15, -0.1) is 0 Å². The Labute approximate surface area is 122 Å². The van der Waals surface area contributed by atoms with E-state index in [0.717, 1.165) is 5.69 Å². The molecular weight excluding hydrogens is 264 g/mol. The molecule has 0 aromatic heterocycles. The van der Waals surface area contributed by atoms with E-state index in [4.69, 9.17) is 0 Å². The van der Waals surface area contributed by atoms with E-state index in [2.05, 4.69) is 17.6 Å². The molecule has 2 saturated carbocycles. The summed E-state index contributed by atoms with van der Waals surface area (Å²) in [5, 5.41) is 1.45. The lowest BCUT2D eigenvalue weighted by Crippen LogP contribution is -2.64. The standard InChI is InChI=1S/C17H16N2O2/c20-16-14-10-6-7-11(13-8-12(10)13)15(14)17(21)19(18-16)9-4-2-1-3-5-9/h1-7,10-15H,8H2,(H,18,20)/t10-,11+,12+,13-,14-,15+/m0/s1. The number of hydrogen-bond donors (Lipinski definition) is 1. The summed E-state index contributed by atoms with van der Waals surface area (Å²) < 4.78 is 0. The zero-order valence-electron chi connectivity index (χ0n) is 11.5. The maximum Gasteiger partial charge on any atom is 0.250 e. The Morgan fingerprint density at radius 3 is 2.33 bits per heavy atom. The first kappa shape index (κ1) is 11.5. The quantitative estimate of drug-likeness (QED) is 0.797. The van der Waals surface area contributed by atoms with Crippen molar-refractivity contribution in [2.24, 2.45) is 35.5 Å². The first-order valence-corrected chi connectivity index (χ1v) is 7.63. The van der Waals surface area contributed by atoms with Crippen molar-refractivity contribution in [3.63, 3.8) is 0 Å². The number of carbonyl (C=O) groups excluding carboxylic acids is 2. The molecule has 4 aliphatic carbocycles. The van der Waals surface area contributed by atoms with Crippen LogP contribution in [-0.2, 0) is 9.59 Å². The Balaban J connectivity index is 1.56. The molecule has 1 saturated heterocycles. The minimum atomic E-state index is -0.169. The maximum atomic E-state index is 12.9. The normalized spacial score (nSPS) is 42.4. The molecule has 6 rings (SSSR count). The van der Waals surface area contributed by atoms with Gasteiger partial charge >= 0.3 is 0 Å². The van der Waals surface area contributed by atoms with E-state index in [1.807, 2.05) is 30.3 Å². The van der Waals surface area contributed by atoms with Crippen LogP contribution in [-0.4, -0.2) is 11.8 Å². The van der Waals surface area contributed by atoms with Gasteiger partial charge < -0.3 is 0 Å². The Morgan fingerprint density at radius 1 is 0.952 bits per heavy atom. The van der Waals surface area contributed by atoms with Crippen LogP contribution in [0.15, 0.2) is 42.5 Å². The average molecular weight is 280 g/mol. The van der Waals surface area contributed by atoms with E-state index in [0.29, 0.717) is 11.8 Å². The summed E-state index contributed by atoms with van der Waals surface area (Å²) in [6, 6.07) is 9.38. The highest BCUT2D eigenvalue weighted by Gasteiger charge is 2.64. The molecule has 21 heavy (non-hydrogen) atoms. The zero-order chi connectivity index (χ0) is 14.1. The summed E-state index contributed by atoms with van der Waals surface area (Å²) in [4.78, 5) is 25.5. The van der Waals surface area contributed by atoms with Crippen molar-refractivity contribution in [2.75, 3.05) is 5.01 Å². The fourth-order valence-electron chi connectivity index (χ4n) is 4.73. The van der Waals surface area contributed by atoms with Crippen molar-refractivity contribution >= 4 is 17.5 Å². The van der Waals surface area contributed by atoms with E-state index in [-0.39, 0.29) is 35.5 Å². The lowest BCUT2D eigenvalue weighted by atomic mass is 9.61. The topological polar surface area (TPSA) is 49.4 Å². The maximum absolute atomic E-state index is 12.9. The third kappa shape index (κ3) is 1.40. The van der Waals surface area contributed by atoms with Crippen LogP contribution in [0.4, 0.5) is 5.69 Å². The summed E-state index contributed by atoms with van der Waals surface area (Å²) in [5.41, 5.74) is 3.56. The number of allylic oxidation sites excluding steroid dienone is 2. The first-order valence-electron chi connectivity index (χ1n) is 7.63. The van der Waals surface area contributed by atoms with Crippen molar-refractivity contribution in [3.05, 3.63) is 42.5 Å². The van der Waals surface area contributed by atoms with Gasteiger partial charge in [0.05, 0.1) is 17.5 Å². The highest BCUT2D eigenvalue weighted by Crippen LogP contribution is 2.64. The molecular formula is C17H16N2O2. The van der Waals surface area contributed by atoms with Crippen molar-refractivity contribution in [1.29, 1.82) is 0 Å². The molecule has 6 atom stereocenters. The van der Waals surface area contributed by atoms with Gasteiger partial charge in [-0.2, -0.15) is 0 Å². The van der Waals surface area contributed by atoms with Crippen molar-refractivity contribution in [2.45, 2.75) is 6.42 Å². The largest absolute Gasteiger partial charge is 0.273 e. The van der Waals surface area contributed by atoms with Gasteiger partial charge in [0.25, 0.3) is 0 Å². The lowest BCUT2D eigenvalue weighted by Gasteiger charge is -2.48. The number of hydrazine groups is 1. The summed E-state index contributed by atoms with van der Waals surface area (Å²) in [7, 11) is 0. The van der Waals surface area contributed by atoms with E-state index >= 15 is 0 Å². The molecule has 0 unspecified atom stereocenters. The fourth-order valence-corrected chi connectivity index (χ4v) is 4.73. The number of benzene rings is 1. The van der Waals surface area contributed by atoms with Crippen LogP contribution in [0.5, 0.6) is 0 Å². The second kappa shape index (κ2) is 3.75. The van der Waals surface area contributed by atoms with Crippen LogP contribution in [0, 0.1) is 35.5 Å². The second-order valence-electron chi connectivity index (χ2n) is 6.64. The molecule has 2 amide bonds. The van der Waals surface area contributed by atoms with Crippen molar-refractivity contribution in [3.8, 4) is 0 Å². The zero-order valence-corrected chi connectivity index (χ0v) is 11.5. The van der Waals surface area contributed by atoms with Gasteiger partial charge in [-0.1, -0.05) is 30.4 Å². The predicted octanol–water partition coefficient (Wildman–Crippen LogP) is 1.75. The highest BCUT2D eigenvalue weighted by molar-refractivity contribution is 6.04. The predicted molar refractivity (Wildman–Crippen MR) is 76.8 cm³/mol. The number of nitrogens with zero attached hydrogens (tertiary/aromatic N) is 1. The number of carbonyl (C=O) groups is 2. The van der Waals surface area contributed by atoms with Gasteiger partial charge in [-0.3, -0.25) is 15.0 Å². The van der Waals surface area contributed by atoms with Gasteiger partial charge in [0, 0.05) is 0 Å². The molecule has 1 aromatic rings. The van der Waals surface area contributed by atoms with Crippen LogP contribution < -0.4 is 10.4 Å². The van der Waals surface area contributed by atoms with Gasteiger partial charge in [0.2, 0.25) is 11.8 Å².